The maximum absolute atomic E-state index is 12.2. The molecule has 29 heavy (non-hydrogen) atoms. The number of thioether (sulfide) groups is 1. The standard InChI is InChI=1S/C19H18N4O4S2/c1-2-25-14-6-4-3-5-13(14)21-18-22-23-19(29-18)28-10-17(24)20-12-7-8-15-16(9-12)27-11-26-15/h3-9H,2,10-11H2,1H3,(H,20,24)(H,21,22). The van der Waals surface area contributed by atoms with E-state index in [9.17, 15) is 4.79 Å². The fourth-order valence-electron chi connectivity index (χ4n) is 2.58. The lowest BCUT2D eigenvalue weighted by atomic mass is 10.3. The van der Waals surface area contributed by atoms with E-state index in [1.807, 2.05) is 31.2 Å². The molecule has 1 aromatic heterocycles. The van der Waals surface area contributed by atoms with Crippen molar-refractivity contribution in [1.29, 1.82) is 0 Å². The molecule has 0 unspecified atom stereocenters. The molecule has 8 nitrogen and oxygen atoms in total. The minimum atomic E-state index is -0.139. The Bertz CT molecular complexity index is 1010. The lowest BCUT2D eigenvalue weighted by Crippen LogP contribution is -2.13. The molecule has 2 aromatic carbocycles. The molecule has 2 N–H and O–H groups in total. The number of nitrogens with zero attached hydrogens (tertiary/aromatic N) is 2. The van der Waals surface area contributed by atoms with Crippen LogP contribution in [-0.4, -0.2) is 35.3 Å². The van der Waals surface area contributed by atoms with Crippen LogP contribution in [0.4, 0.5) is 16.5 Å². The van der Waals surface area contributed by atoms with Crippen LogP contribution in [0.15, 0.2) is 46.8 Å². The quantitative estimate of drug-likeness (QED) is 0.515. The number of carbonyl (C=O) groups excluding carboxylic acids is 1. The van der Waals surface area contributed by atoms with E-state index in [2.05, 4.69) is 20.8 Å². The molecule has 0 saturated carbocycles. The highest BCUT2D eigenvalue weighted by Gasteiger charge is 2.15. The summed E-state index contributed by atoms with van der Waals surface area (Å²) in [7, 11) is 0. The van der Waals surface area contributed by atoms with E-state index >= 15 is 0 Å². The topological polar surface area (TPSA) is 94.6 Å². The Hall–Kier alpha value is -2.98. The van der Waals surface area contributed by atoms with E-state index in [0.29, 0.717) is 33.3 Å². The maximum Gasteiger partial charge on any atom is 0.234 e. The van der Waals surface area contributed by atoms with E-state index in [4.69, 9.17) is 14.2 Å². The van der Waals surface area contributed by atoms with Crippen molar-refractivity contribution in [3.8, 4) is 17.2 Å². The highest BCUT2D eigenvalue weighted by atomic mass is 32.2. The van der Waals surface area contributed by atoms with E-state index in [-0.39, 0.29) is 18.5 Å². The summed E-state index contributed by atoms with van der Waals surface area (Å²) >= 11 is 2.70. The van der Waals surface area contributed by atoms with Gasteiger partial charge in [0.05, 0.1) is 18.0 Å². The van der Waals surface area contributed by atoms with Gasteiger partial charge in [-0.3, -0.25) is 4.79 Å². The number of nitrogens with one attached hydrogen (secondary N) is 2. The Morgan fingerprint density at radius 2 is 2.07 bits per heavy atom. The Morgan fingerprint density at radius 3 is 2.97 bits per heavy atom. The van der Waals surface area contributed by atoms with Gasteiger partial charge in [-0.25, -0.2) is 0 Å². The predicted octanol–water partition coefficient (Wildman–Crippen LogP) is 4.14. The highest BCUT2D eigenvalue weighted by Crippen LogP contribution is 2.35. The largest absolute Gasteiger partial charge is 0.492 e. The number of amides is 1. The van der Waals surface area contributed by atoms with Gasteiger partial charge in [0, 0.05) is 11.8 Å². The molecule has 0 spiro atoms. The summed E-state index contributed by atoms with van der Waals surface area (Å²) < 4.78 is 16.9. The second-order valence-corrected chi connectivity index (χ2v) is 8.03. The van der Waals surface area contributed by atoms with E-state index < -0.39 is 0 Å². The van der Waals surface area contributed by atoms with Crippen molar-refractivity contribution in [3.63, 3.8) is 0 Å². The summed E-state index contributed by atoms with van der Waals surface area (Å²) in [5, 5.41) is 14.9. The van der Waals surface area contributed by atoms with Gasteiger partial charge in [-0.1, -0.05) is 35.2 Å². The van der Waals surface area contributed by atoms with Crippen LogP contribution >= 0.6 is 23.1 Å². The number of benzene rings is 2. The van der Waals surface area contributed by atoms with E-state index in [1.165, 1.54) is 23.1 Å². The number of para-hydroxylation sites is 2. The number of anilines is 3. The number of fused-ring (bicyclic) bond motifs is 1. The molecular formula is C19H18N4O4S2. The molecule has 0 aliphatic carbocycles. The molecule has 1 aliphatic rings. The van der Waals surface area contributed by atoms with Crippen molar-refractivity contribution in [1.82, 2.24) is 10.2 Å². The molecule has 0 fully saturated rings. The average molecular weight is 431 g/mol. The lowest BCUT2D eigenvalue weighted by Gasteiger charge is -2.09. The first-order chi connectivity index (χ1) is 14.2. The van der Waals surface area contributed by atoms with Crippen LogP contribution in [0, 0.1) is 0 Å². The Morgan fingerprint density at radius 1 is 1.21 bits per heavy atom. The molecule has 0 bridgehead atoms. The van der Waals surface area contributed by atoms with Crippen molar-refractivity contribution >= 4 is 45.5 Å². The third-order valence-corrected chi connectivity index (χ3v) is 5.79. The monoisotopic (exact) mass is 430 g/mol. The molecule has 3 aromatic rings. The van der Waals surface area contributed by atoms with Crippen LogP contribution in [0.3, 0.4) is 0 Å². The zero-order valence-corrected chi connectivity index (χ0v) is 17.1. The normalized spacial score (nSPS) is 11.9. The zero-order valence-electron chi connectivity index (χ0n) is 15.5. The number of hydrogen-bond acceptors (Lipinski definition) is 9. The van der Waals surface area contributed by atoms with E-state index in [1.54, 1.807) is 18.2 Å². The summed E-state index contributed by atoms with van der Waals surface area (Å²) in [6, 6.07) is 12.9. The van der Waals surface area contributed by atoms with Crippen molar-refractivity contribution in [2.24, 2.45) is 0 Å². The minimum absolute atomic E-state index is 0.139. The zero-order chi connectivity index (χ0) is 20.1. The Kier molecular flexibility index (Phi) is 6.01. The summed E-state index contributed by atoms with van der Waals surface area (Å²) in [6.45, 7) is 2.71. The van der Waals surface area contributed by atoms with Crippen LogP contribution in [0.1, 0.15) is 6.92 Å². The summed E-state index contributed by atoms with van der Waals surface area (Å²) in [5.74, 6) is 2.14. The first-order valence-corrected chi connectivity index (χ1v) is 10.7. The van der Waals surface area contributed by atoms with Crippen LogP contribution in [0.5, 0.6) is 17.2 Å². The summed E-state index contributed by atoms with van der Waals surface area (Å²) in [4.78, 5) is 12.2. The van der Waals surface area contributed by atoms with Crippen LogP contribution in [-0.2, 0) is 4.79 Å². The van der Waals surface area contributed by atoms with Crippen molar-refractivity contribution in [2.75, 3.05) is 29.8 Å². The number of hydrogen-bond donors (Lipinski definition) is 2. The Balaban J connectivity index is 1.31. The third-order valence-electron chi connectivity index (χ3n) is 3.82. The third kappa shape index (κ3) is 4.90. The molecule has 150 valence electrons. The second kappa shape index (κ2) is 9.01. The van der Waals surface area contributed by atoms with Gasteiger partial charge in [-0.05, 0) is 31.2 Å². The lowest BCUT2D eigenvalue weighted by molar-refractivity contribution is -0.113. The fraction of sp³-hybridized carbons (Fsp3) is 0.211. The number of carbonyl (C=O) groups is 1. The first-order valence-electron chi connectivity index (χ1n) is 8.86. The smallest absolute Gasteiger partial charge is 0.234 e. The number of ether oxygens (including phenoxy) is 3. The summed E-state index contributed by atoms with van der Waals surface area (Å²) in [5.41, 5.74) is 1.48. The minimum Gasteiger partial charge on any atom is -0.492 e. The average Bonchev–Trinajstić information content (AvgIpc) is 3.37. The Labute approximate surface area is 175 Å². The predicted molar refractivity (Wildman–Crippen MR) is 113 cm³/mol. The van der Waals surface area contributed by atoms with Gasteiger partial charge in [0.25, 0.3) is 0 Å². The van der Waals surface area contributed by atoms with Gasteiger partial charge in [0.2, 0.25) is 17.8 Å². The molecule has 4 rings (SSSR count). The molecule has 0 saturated heterocycles. The van der Waals surface area contributed by atoms with Crippen molar-refractivity contribution in [2.45, 2.75) is 11.3 Å². The maximum atomic E-state index is 12.2. The van der Waals surface area contributed by atoms with Crippen LogP contribution in [0.2, 0.25) is 0 Å². The van der Waals surface area contributed by atoms with Crippen LogP contribution < -0.4 is 24.8 Å². The SMILES string of the molecule is CCOc1ccccc1Nc1nnc(SCC(=O)Nc2ccc3c(c2)OCO3)s1. The number of aromatic nitrogens is 2. The molecule has 0 atom stereocenters. The fourth-order valence-corrected chi connectivity index (χ4v) is 4.15. The van der Waals surface area contributed by atoms with Gasteiger partial charge < -0.3 is 24.8 Å². The van der Waals surface area contributed by atoms with Gasteiger partial charge in [-0.15, -0.1) is 10.2 Å². The first kappa shape index (κ1) is 19.3. The molecule has 2 heterocycles. The van der Waals surface area contributed by atoms with Gasteiger partial charge in [0.1, 0.15) is 5.75 Å². The molecule has 1 aliphatic heterocycles. The van der Waals surface area contributed by atoms with Gasteiger partial charge in [-0.2, -0.15) is 0 Å². The van der Waals surface area contributed by atoms with E-state index in [0.717, 1.165) is 11.4 Å². The van der Waals surface area contributed by atoms with Gasteiger partial charge in [0.15, 0.2) is 15.8 Å². The number of rotatable bonds is 8. The molecule has 1 amide bonds. The molecular weight excluding hydrogens is 412 g/mol. The van der Waals surface area contributed by atoms with Gasteiger partial charge >= 0.3 is 0 Å². The summed E-state index contributed by atoms with van der Waals surface area (Å²) in [6.07, 6.45) is 0. The van der Waals surface area contributed by atoms with Crippen LogP contribution in [0.25, 0.3) is 0 Å². The molecule has 0 radical (unpaired) electrons. The highest BCUT2D eigenvalue weighted by molar-refractivity contribution is 8.01. The van der Waals surface area contributed by atoms with Crippen molar-refractivity contribution in [3.05, 3.63) is 42.5 Å². The molecule has 10 heteroatoms. The van der Waals surface area contributed by atoms with Crippen molar-refractivity contribution < 1.29 is 19.0 Å². The second-order valence-electron chi connectivity index (χ2n) is 5.83.